The second kappa shape index (κ2) is 3.61. The molecule has 3 nitrogen and oxygen atoms in total. The number of rotatable bonds is 1. The van der Waals surface area contributed by atoms with Crippen LogP contribution in [0.2, 0.25) is 0 Å². The van der Waals surface area contributed by atoms with Crippen LogP contribution in [0.4, 0.5) is 5.69 Å². The number of carboxylic acid groups (broad SMARTS) is 1. The molecule has 2 rings (SSSR count). The summed E-state index contributed by atoms with van der Waals surface area (Å²) in [6.07, 6.45) is 8.69. The van der Waals surface area contributed by atoms with Crippen molar-refractivity contribution in [3.63, 3.8) is 0 Å². The fraction of sp³-hybridized carbons (Fsp3) is 0.0833. The summed E-state index contributed by atoms with van der Waals surface area (Å²) in [5, 5.41) is 10.8. The van der Waals surface area contributed by atoms with Crippen LogP contribution in [0.15, 0.2) is 24.3 Å². The van der Waals surface area contributed by atoms with Crippen molar-refractivity contribution in [2.45, 2.75) is 6.42 Å². The van der Waals surface area contributed by atoms with Gasteiger partial charge in [-0.2, -0.15) is 0 Å². The first-order valence-corrected chi connectivity index (χ1v) is 4.68. The number of hydrogen-bond donors (Lipinski definition) is 2. The summed E-state index contributed by atoms with van der Waals surface area (Å²) in [5.41, 5.74) is 6.14. The molecule has 0 amide bonds. The highest BCUT2D eigenvalue weighted by Gasteiger charge is 2.07. The second-order valence-corrected chi connectivity index (χ2v) is 3.41. The van der Waals surface area contributed by atoms with Gasteiger partial charge in [0.25, 0.3) is 0 Å². The van der Waals surface area contributed by atoms with Crippen LogP contribution >= 0.6 is 0 Å². The van der Waals surface area contributed by atoms with Gasteiger partial charge in [-0.15, -0.1) is 0 Å². The van der Waals surface area contributed by atoms with Crippen molar-refractivity contribution in [1.82, 2.24) is 0 Å². The van der Waals surface area contributed by atoms with Gasteiger partial charge < -0.3 is 10.8 Å². The van der Waals surface area contributed by atoms with Crippen molar-refractivity contribution in [1.29, 1.82) is 0 Å². The normalized spacial score (nSPS) is 13.3. The van der Waals surface area contributed by atoms with Crippen molar-refractivity contribution < 1.29 is 9.90 Å². The molecule has 0 fully saturated rings. The molecule has 0 saturated carbocycles. The maximum Gasteiger partial charge on any atom is 0.337 e. The number of carboxylic acids is 1. The molecule has 15 heavy (non-hydrogen) atoms. The standard InChI is InChI=1S/C12H11NO2/c13-11-7-9-5-3-1-2-4-8(9)6-10(11)12(14)15/h1-2,4-7H,3,13H2,(H,14,15). The lowest BCUT2D eigenvalue weighted by Crippen LogP contribution is -2.26. The maximum absolute atomic E-state index is 10.9. The van der Waals surface area contributed by atoms with Gasteiger partial charge in [0.15, 0.2) is 0 Å². The number of hydrogen-bond acceptors (Lipinski definition) is 2. The summed E-state index contributed by atoms with van der Waals surface area (Å²) >= 11 is 0. The number of carbonyl (C=O) groups is 1. The van der Waals surface area contributed by atoms with Crippen molar-refractivity contribution >= 4 is 23.8 Å². The van der Waals surface area contributed by atoms with E-state index in [4.69, 9.17) is 10.8 Å². The zero-order chi connectivity index (χ0) is 10.8. The molecule has 3 heteroatoms. The molecule has 0 bridgehead atoms. The van der Waals surface area contributed by atoms with Crippen LogP contribution in [-0.2, 0) is 0 Å². The molecular weight excluding hydrogens is 190 g/mol. The molecule has 1 aromatic carbocycles. The average Bonchev–Trinajstić information content (AvgIpc) is 2.40. The fourth-order valence-corrected chi connectivity index (χ4v) is 1.60. The van der Waals surface area contributed by atoms with Gasteiger partial charge in [0.05, 0.1) is 5.56 Å². The van der Waals surface area contributed by atoms with E-state index in [1.54, 1.807) is 12.1 Å². The number of anilines is 1. The minimum Gasteiger partial charge on any atom is -0.478 e. The van der Waals surface area contributed by atoms with Crippen LogP contribution in [0.25, 0.3) is 12.2 Å². The first-order chi connectivity index (χ1) is 7.18. The summed E-state index contributed by atoms with van der Waals surface area (Å²) in [7, 11) is 0. The van der Waals surface area contributed by atoms with Crippen LogP contribution in [0.5, 0.6) is 0 Å². The van der Waals surface area contributed by atoms with Crippen LogP contribution in [0.3, 0.4) is 0 Å². The minimum absolute atomic E-state index is 0.161. The van der Waals surface area contributed by atoms with Gasteiger partial charge >= 0.3 is 5.97 Å². The lowest BCUT2D eigenvalue weighted by molar-refractivity contribution is 0.0698. The van der Waals surface area contributed by atoms with Gasteiger partial charge in [-0.25, -0.2) is 4.79 Å². The lowest BCUT2D eigenvalue weighted by atomic mass is 10.1. The summed E-state index contributed by atoms with van der Waals surface area (Å²) in [5.74, 6) is -0.989. The van der Waals surface area contributed by atoms with E-state index in [0.29, 0.717) is 5.69 Å². The smallest absolute Gasteiger partial charge is 0.337 e. The minimum atomic E-state index is -0.989. The molecule has 0 radical (unpaired) electrons. The Morgan fingerprint density at radius 2 is 2.13 bits per heavy atom. The predicted octanol–water partition coefficient (Wildman–Crippen LogP) is 0.488. The van der Waals surface area contributed by atoms with Crippen LogP contribution in [-0.4, -0.2) is 11.1 Å². The summed E-state index contributed by atoms with van der Waals surface area (Å²) in [4.78, 5) is 10.9. The molecule has 0 heterocycles. The van der Waals surface area contributed by atoms with Crippen molar-refractivity contribution in [3.05, 3.63) is 40.3 Å². The van der Waals surface area contributed by atoms with Gasteiger partial charge in [-0.3, -0.25) is 0 Å². The van der Waals surface area contributed by atoms with E-state index in [0.717, 1.165) is 16.9 Å². The van der Waals surface area contributed by atoms with E-state index >= 15 is 0 Å². The quantitative estimate of drug-likeness (QED) is 0.650. The molecule has 0 unspecified atom stereocenters. The molecule has 3 N–H and O–H groups in total. The Labute approximate surface area is 86.8 Å². The molecule has 0 aliphatic heterocycles. The number of fused-ring (bicyclic) bond motifs is 1. The highest BCUT2D eigenvalue weighted by atomic mass is 16.4. The Hall–Kier alpha value is -2.03. The Balaban J connectivity index is 2.78. The Morgan fingerprint density at radius 1 is 1.33 bits per heavy atom. The summed E-state index contributed by atoms with van der Waals surface area (Å²) in [6, 6.07) is 3.32. The third-order valence-corrected chi connectivity index (χ3v) is 2.37. The van der Waals surface area contributed by atoms with E-state index in [1.807, 2.05) is 24.3 Å². The molecule has 0 atom stereocenters. The number of aromatic carboxylic acids is 1. The summed E-state index contributed by atoms with van der Waals surface area (Å²) in [6.45, 7) is 0. The van der Waals surface area contributed by atoms with E-state index in [1.165, 1.54) is 0 Å². The molecule has 0 aromatic heterocycles. The Bertz CT molecular complexity index is 556. The number of nitrogen functional groups attached to an aromatic ring is 1. The van der Waals surface area contributed by atoms with Gasteiger partial charge in [-0.1, -0.05) is 24.3 Å². The van der Waals surface area contributed by atoms with Gasteiger partial charge in [-0.05, 0) is 29.0 Å². The summed E-state index contributed by atoms with van der Waals surface area (Å²) < 4.78 is 0. The zero-order valence-corrected chi connectivity index (χ0v) is 8.10. The Kier molecular flexibility index (Phi) is 2.29. The third kappa shape index (κ3) is 1.76. The third-order valence-electron chi connectivity index (χ3n) is 2.37. The van der Waals surface area contributed by atoms with E-state index in [-0.39, 0.29) is 5.56 Å². The first kappa shape index (κ1) is 9.52. The van der Waals surface area contributed by atoms with Crippen molar-refractivity contribution in [2.75, 3.05) is 5.73 Å². The number of allylic oxidation sites excluding steroid dienone is 2. The predicted molar refractivity (Wildman–Crippen MR) is 59.8 cm³/mol. The fourth-order valence-electron chi connectivity index (χ4n) is 1.60. The topological polar surface area (TPSA) is 63.3 Å². The van der Waals surface area contributed by atoms with E-state index < -0.39 is 5.97 Å². The monoisotopic (exact) mass is 201 g/mol. The van der Waals surface area contributed by atoms with E-state index in [9.17, 15) is 4.79 Å². The van der Waals surface area contributed by atoms with Gasteiger partial charge in [0.1, 0.15) is 0 Å². The highest BCUT2D eigenvalue weighted by molar-refractivity contribution is 5.93. The lowest BCUT2D eigenvalue weighted by Gasteiger charge is -2.00. The second-order valence-electron chi connectivity index (χ2n) is 3.41. The van der Waals surface area contributed by atoms with Gasteiger partial charge in [0, 0.05) is 5.69 Å². The average molecular weight is 201 g/mol. The SMILES string of the molecule is Nc1cc2c(cc1C(=O)O)=CC=CCC=2. The molecule has 1 aromatic rings. The number of nitrogens with two attached hydrogens (primary N) is 1. The van der Waals surface area contributed by atoms with Crippen molar-refractivity contribution in [3.8, 4) is 0 Å². The van der Waals surface area contributed by atoms with Crippen LogP contribution in [0, 0.1) is 0 Å². The van der Waals surface area contributed by atoms with Crippen LogP contribution in [0.1, 0.15) is 16.8 Å². The van der Waals surface area contributed by atoms with Crippen LogP contribution < -0.4 is 16.2 Å². The molecule has 0 saturated heterocycles. The maximum atomic E-state index is 10.9. The Morgan fingerprint density at radius 3 is 2.87 bits per heavy atom. The largest absolute Gasteiger partial charge is 0.478 e. The number of benzene rings is 1. The van der Waals surface area contributed by atoms with E-state index in [2.05, 4.69) is 0 Å². The molecule has 76 valence electrons. The highest BCUT2D eigenvalue weighted by Crippen LogP contribution is 2.05. The van der Waals surface area contributed by atoms with Gasteiger partial charge in [0.2, 0.25) is 0 Å². The molecule has 1 aliphatic rings. The van der Waals surface area contributed by atoms with Crippen molar-refractivity contribution in [2.24, 2.45) is 0 Å². The molecule has 1 aliphatic carbocycles. The first-order valence-electron chi connectivity index (χ1n) is 4.68. The zero-order valence-electron chi connectivity index (χ0n) is 8.10. The molecular formula is C12H11NO2. The molecule has 0 spiro atoms.